The van der Waals surface area contributed by atoms with Gasteiger partial charge in [-0.05, 0) is 33.1 Å². The predicted molar refractivity (Wildman–Crippen MR) is 57.7 cm³/mol. The first-order valence-corrected chi connectivity index (χ1v) is 5.98. The van der Waals surface area contributed by atoms with E-state index in [0.717, 1.165) is 24.3 Å². The molecule has 2 aromatic carbocycles. The van der Waals surface area contributed by atoms with Crippen LogP contribution in [0.5, 0.6) is 0 Å². The van der Waals surface area contributed by atoms with Gasteiger partial charge in [0.05, 0.1) is 0 Å². The van der Waals surface area contributed by atoms with Gasteiger partial charge in [0.15, 0.2) is 0 Å². The van der Waals surface area contributed by atoms with E-state index in [1.807, 2.05) is 0 Å². The minimum atomic E-state index is -1.29. The molecule has 17 heavy (non-hydrogen) atoms. The number of rotatable bonds is 2. The van der Waals surface area contributed by atoms with E-state index in [0.29, 0.717) is 0 Å². The highest BCUT2D eigenvalue weighted by Crippen LogP contribution is 2.02. The molecule has 2 aromatic rings. The second-order valence-electron chi connectivity index (χ2n) is 3.42. The molecule has 0 unspecified atom stereocenters. The summed E-state index contributed by atoms with van der Waals surface area (Å²) in [5.74, 6) is -3.10. The zero-order chi connectivity index (χ0) is 12.4. The molecule has 2 rings (SSSR count). The molecular weight excluding hydrogens is 247 g/mol. The number of benzene rings is 2. The van der Waals surface area contributed by atoms with Crippen molar-refractivity contribution < 1.29 is 17.6 Å². The summed E-state index contributed by atoms with van der Waals surface area (Å²) >= 11 is -1.29. The van der Waals surface area contributed by atoms with Crippen molar-refractivity contribution in [2.75, 3.05) is 0 Å². The van der Waals surface area contributed by atoms with Gasteiger partial charge in [0.25, 0.3) is 0 Å². The van der Waals surface area contributed by atoms with Crippen LogP contribution in [0.3, 0.4) is 0 Å². The Morgan fingerprint density at radius 1 is 0.588 bits per heavy atom. The van der Waals surface area contributed by atoms with Gasteiger partial charge in [-0.3, -0.25) is 0 Å². The van der Waals surface area contributed by atoms with Crippen molar-refractivity contribution in [1.82, 2.24) is 0 Å². The number of hydrogen-bond donors (Lipinski definition) is 0. The third-order valence-electron chi connectivity index (χ3n) is 2.29. The largest absolute Gasteiger partial charge is 0.318 e. The van der Waals surface area contributed by atoms with Crippen LogP contribution < -0.4 is 8.85 Å². The van der Waals surface area contributed by atoms with Crippen LogP contribution in [0, 0.1) is 23.3 Å². The van der Waals surface area contributed by atoms with E-state index < -0.39 is 38.5 Å². The predicted octanol–water partition coefficient (Wildman–Crippen LogP) is 1.90. The first-order chi connectivity index (χ1) is 8.09. The third-order valence-corrected chi connectivity index (χ3v) is 3.97. The van der Waals surface area contributed by atoms with Crippen LogP contribution in [-0.4, -0.2) is 15.2 Å². The van der Waals surface area contributed by atoms with Gasteiger partial charge in [0, 0.05) is 0 Å². The SMILES string of the molecule is Fc1cccc(F)[c]1[Al][c]1c(F)cccc1F. The fraction of sp³-hybridized carbons (Fsp3) is 0. The Bertz CT molecular complexity index is 464. The fourth-order valence-corrected chi connectivity index (χ4v) is 2.67. The van der Waals surface area contributed by atoms with Gasteiger partial charge in [-0.1, -0.05) is 12.1 Å². The maximum Gasteiger partial charge on any atom is 0.318 e. The molecule has 0 spiro atoms. The lowest BCUT2D eigenvalue weighted by molar-refractivity contribution is 0.593. The molecule has 0 aliphatic heterocycles. The average molecular weight is 253 g/mol. The minimum Gasteiger partial charge on any atom is -0.208 e. The van der Waals surface area contributed by atoms with Crippen molar-refractivity contribution in [3.8, 4) is 0 Å². The van der Waals surface area contributed by atoms with E-state index >= 15 is 0 Å². The van der Waals surface area contributed by atoms with Gasteiger partial charge in [0.2, 0.25) is 0 Å². The summed E-state index contributed by atoms with van der Waals surface area (Å²) in [6, 6.07) is 6.72. The van der Waals surface area contributed by atoms with Crippen LogP contribution in [-0.2, 0) is 0 Å². The van der Waals surface area contributed by atoms with Crippen molar-refractivity contribution in [1.29, 1.82) is 0 Å². The van der Waals surface area contributed by atoms with Crippen molar-refractivity contribution in [3.63, 3.8) is 0 Å². The monoisotopic (exact) mass is 253 g/mol. The summed E-state index contributed by atoms with van der Waals surface area (Å²) in [5, 5.41) is 0. The molecular formula is C12H6AlF4. The Hall–Kier alpha value is -1.31. The van der Waals surface area contributed by atoms with E-state index in [-0.39, 0.29) is 8.85 Å². The Morgan fingerprint density at radius 3 is 1.18 bits per heavy atom. The maximum atomic E-state index is 13.3. The maximum absolute atomic E-state index is 13.3. The molecule has 0 N–H and O–H groups in total. The molecule has 0 heterocycles. The Morgan fingerprint density at radius 2 is 0.882 bits per heavy atom. The topological polar surface area (TPSA) is 0 Å². The molecule has 0 saturated heterocycles. The molecule has 5 heteroatoms. The molecule has 85 valence electrons. The molecule has 0 aliphatic rings. The molecule has 0 aliphatic carbocycles. The van der Waals surface area contributed by atoms with Crippen LogP contribution in [0.4, 0.5) is 17.6 Å². The zero-order valence-corrected chi connectivity index (χ0v) is 9.71. The molecule has 0 amide bonds. The normalized spacial score (nSPS) is 10.4. The molecule has 0 fully saturated rings. The number of hydrogen-bond acceptors (Lipinski definition) is 0. The Kier molecular flexibility index (Phi) is 3.51. The summed E-state index contributed by atoms with van der Waals surface area (Å²) in [4.78, 5) is 0. The lowest BCUT2D eigenvalue weighted by Crippen LogP contribution is -2.36. The lowest BCUT2D eigenvalue weighted by Gasteiger charge is -2.06. The molecule has 0 aromatic heterocycles. The highest BCUT2D eigenvalue weighted by Gasteiger charge is 2.16. The highest BCUT2D eigenvalue weighted by atomic mass is 27.1. The minimum absolute atomic E-state index is 0.253. The van der Waals surface area contributed by atoms with Crippen LogP contribution in [0.2, 0.25) is 0 Å². The van der Waals surface area contributed by atoms with Crippen molar-refractivity contribution in [3.05, 3.63) is 59.7 Å². The van der Waals surface area contributed by atoms with E-state index in [4.69, 9.17) is 0 Å². The van der Waals surface area contributed by atoms with Crippen molar-refractivity contribution in [2.45, 2.75) is 0 Å². The van der Waals surface area contributed by atoms with Gasteiger partial charge in [-0.2, -0.15) is 0 Å². The Balaban J connectivity index is 2.45. The van der Waals surface area contributed by atoms with Gasteiger partial charge < -0.3 is 0 Å². The Labute approximate surface area is 102 Å². The fourth-order valence-electron chi connectivity index (χ4n) is 1.44. The quantitative estimate of drug-likeness (QED) is 0.566. The summed E-state index contributed by atoms with van der Waals surface area (Å²) in [6.45, 7) is 0. The smallest absolute Gasteiger partial charge is 0.208 e. The first-order valence-electron chi connectivity index (χ1n) is 4.82. The van der Waals surface area contributed by atoms with E-state index in [9.17, 15) is 17.6 Å². The zero-order valence-electron chi connectivity index (χ0n) is 8.55. The van der Waals surface area contributed by atoms with Gasteiger partial charge in [-0.15, -0.1) is 0 Å². The highest BCUT2D eigenvalue weighted by molar-refractivity contribution is 6.67. The summed E-state index contributed by atoms with van der Waals surface area (Å²) in [7, 11) is 0. The van der Waals surface area contributed by atoms with Crippen molar-refractivity contribution in [2.24, 2.45) is 0 Å². The standard InChI is InChI=1S/2C6H3F2.Al/c2*7-5-2-1-3-6(8)4-5;/h2*1-3H;. The third kappa shape index (κ3) is 2.51. The second kappa shape index (κ2) is 4.91. The lowest BCUT2D eigenvalue weighted by atomic mass is 10.3. The first kappa shape index (κ1) is 12.2. The van der Waals surface area contributed by atoms with Crippen LogP contribution in [0.1, 0.15) is 0 Å². The summed E-state index contributed by atoms with van der Waals surface area (Å²) < 4.78 is 52.8. The van der Waals surface area contributed by atoms with Crippen LogP contribution in [0.25, 0.3) is 0 Å². The van der Waals surface area contributed by atoms with E-state index in [1.54, 1.807) is 0 Å². The summed E-state index contributed by atoms with van der Waals surface area (Å²) in [6.07, 6.45) is 0. The second-order valence-corrected chi connectivity index (χ2v) is 4.86. The molecule has 0 atom stereocenters. The molecule has 0 nitrogen and oxygen atoms in total. The average Bonchev–Trinajstić information content (AvgIpc) is 2.27. The van der Waals surface area contributed by atoms with Crippen molar-refractivity contribution >= 4 is 24.1 Å². The van der Waals surface area contributed by atoms with Gasteiger partial charge >= 0.3 is 15.2 Å². The van der Waals surface area contributed by atoms with Crippen LogP contribution >= 0.6 is 0 Å². The summed E-state index contributed by atoms with van der Waals surface area (Å²) in [5.41, 5.74) is 0. The molecule has 0 saturated carbocycles. The van der Waals surface area contributed by atoms with E-state index in [1.165, 1.54) is 12.1 Å². The van der Waals surface area contributed by atoms with Gasteiger partial charge in [0.1, 0.15) is 23.3 Å². The van der Waals surface area contributed by atoms with Gasteiger partial charge in [-0.25, -0.2) is 17.6 Å². The van der Waals surface area contributed by atoms with E-state index in [2.05, 4.69) is 0 Å². The number of halogens is 4. The molecule has 0 bridgehead atoms. The van der Waals surface area contributed by atoms with Crippen LogP contribution in [0.15, 0.2) is 36.4 Å². The molecule has 1 radical (unpaired) electrons.